The number of hydrogen-bond donors (Lipinski definition) is 1. The fourth-order valence-corrected chi connectivity index (χ4v) is 2.26. The van der Waals surface area contributed by atoms with E-state index in [9.17, 15) is 4.79 Å². The first-order valence-corrected chi connectivity index (χ1v) is 7.84. The second kappa shape index (κ2) is 8.97. The van der Waals surface area contributed by atoms with E-state index < -0.39 is 0 Å². The van der Waals surface area contributed by atoms with E-state index in [2.05, 4.69) is 40.0 Å². The Bertz CT molecular complexity index is 434. The van der Waals surface area contributed by atoms with Crippen LogP contribution in [0.2, 0.25) is 0 Å². The number of hydrogen-bond acceptors (Lipinski definition) is 3. The number of carbonyl (C=O) groups is 1. The minimum Gasteiger partial charge on any atom is -0.493 e. The number of nitrogens with zero attached hydrogens (tertiary/aromatic N) is 1. The van der Waals surface area contributed by atoms with Gasteiger partial charge in [-0.3, -0.25) is 4.79 Å². The number of rotatable bonds is 8. The lowest BCUT2D eigenvalue weighted by Crippen LogP contribution is -2.34. The third-order valence-corrected chi connectivity index (χ3v) is 3.59. The van der Waals surface area contributed by atoms with E-state index in [4.69, 9.17) is 4.74 Å². The third-order valence-electron chi connectivity index (χ3n) is 3.10. The van der Waals surface area contributed by atoms with Gasteiger partial charge in [-0.15, -0.1) is 0 Å². The maximum atomic E-state index is 12.2. The molecule has 0 aliphatic rings. The van der Waals surface area contributed by atoms with Crippen molar-refractivity contribution in [2.24, 2.45) is 0 Å². The van der Waals surface area contributed by atoms with E-state index in [1.54, 1.807) is 6.07 Å². The summed E-state index contributed by atoms with van der Waals surface area (Å²) in [5.74, 6) is 0.523. The van der Waals surface area contributed by atoms with Crippen molar-refractivity contribution >= 4 is 21.8 Å². The molecule has 0 fully saturated rings. The highest BCUT2D eigenvalue weighted by Crippen LogP contribution is 2.23. The highest BCUT2D eigenvalue weighted by molar-refractivity contribution is 9.10. The van der Waals surface area contributed by atoms with Crippen molar-refractivity contribution < 1.29 is 9.53 Å². The maximum Gasteiger partial charge on any atom is 0.255 e. The van der Waals surface area contributed by atoms with E-state index in [1.165, 1.54) is 0 Å². The molecule has 0 saturated carbocycles. The Morgan fingerprint density at radius 2 is 2.00 bits per heavy atom. The van der Waals surface area contributed by atoms with Gasteiger partial charge in [0.05, 0.1) is 12.2 Å². The van der Waals surface area contributed by atoms with Crippen LogP contribution in [0.25, 0.3) is 0 Å². The molecule has 0 aliphatic heterocycles. The maximum absolute atomic E-state index is 12.2. The minimum absolute atomic E-state index is 0.0897. The summed E-state index contributed by atoms with van der Waals surface area (Å²) in [5.41, 5.74) is 0.578. The summed E-state index contributed by atoms with van der Waals surface area (Å²) in [5, 5.41) is 2.94. The topological polar surface area (TPSA) is 41.6 Å². The summed E-state index contributed by atoms with van der Waals surface area (Å²) in [6.45, 7) is 10.2. The summed E-state index contributed by atoms with van der Waals surface area (Å²) < 4.78 is 6.41. The fraction of sp³-hybridized carbons (Fsp3) is 0.533. The first-order valence-electron chi connectivity index (χ1n) is 7.05. The molecule has 0 saturated heterocycles. The molecule has 0 radical (unpaired) electrons. The van der Waals surface area contributed by atoms with Gasteiger partial charge in [0.2, 0.25) is 0 Å². The van der Waals surface area contributed by atoms with Crippen LogP contribution in [0.5, 0.6) is 5.75 Å². The number of nitrogens with one attached hydrogen (secondary N) is 1. The van der Waals surface area contributed by atoms with Crippen LogP contribution in [-0.4, -0.2) is 43.6 Å². The van der Waals surface area contributed by atoms with Crippen LogP contribution in [0, 0.1) is 0 Å². The van der Waals surface area contributed by atoms with Gasteiger partial charge in [0, 0.05) is 17.6 Å². The van der Waals surface area contributed by atoms with E-state index in [0.29, 0.717) is 24.5 Å². The van der Waals surface area contributed by atoms with Crippen LogP contribution in [0.4, 0.5) is 0 Å². The van der Waals surface area contributed by atoms with Gasteiger partial charge in [-0.25, -0.2) is 0 Å². The van der Waals surface area contributed by atoms with Gasteiger partial charge in [0.1, 0.15) is 5.75 Å². The largest absolute Gasteiger partial charge is 0.493 e. The van der Waals surface area contributed by atoms with Gasteiger partial charge in [0.25, 0.3) is 5.91 Å². The van der Waals surface area contributed by atoms with Crippen molar-refractivity contribution in [1.29, 1.82) is 0 Å². The summed E-state index contributed by atoms with van der Waals surface area (Å²) in [7, 11) is 0. The first kappa shape index (κ1) is 17.0. The van der Waals surface area contributed by atoms with Gasteiger partial charge in [-0.2, -0.15) is 0 Å². The molecule has 4 nitrogen and oxygen atoms in total. The highest BCUT2D eigenvalue weighted by Gasteiger charge is 2.12. The van der Waals surface area contributed by atoms with Crippen LogP contribution in [0.1, 0.15) is 31.1 Å². The SMILES string of the molecule is CCOc1cc(Br)ccc1C(=O)NCCN(CC)CC. The molecular weight excluding hydrogens is 320 g/mol. The average molecular weight is 343 g/mol. The second-order valence-corrected chi connectivity index (χ2v) is 5.27. The molecule has 0 spiro atoms. The minimum atomic E-state index is -0.0897. The number of benzene rings is 1. The predicted octanol–water partition coefficient (Wildman–Crippen LogP) is 2.92. The van der Waals surface area contributed by atoms with E-state index in [1.807, 2.05) is 19.1 Å². The van der Waals surface area contributed by atoms with Crippen molar-refractivity contribution in [3.63, 3.8) is 0 Å². The van der Waals surface area contributed by atoms with E-state index in [-0.39, 0.29) is 5.91 Å². The predicted molar refractivity (Wildman–Crippen MR) is 85.4 cm³/mol. The van der Waals surface area contributed by atoms with Gasteiger partial charge in [-0.1, -0.05) is 29.8 Å². The Labute approximate surface area is 129 Å². The van der Waals surface area contributed by atoms with Crippen LogP contribution in [0.15, 0.2) is 22.7 Å². The molecule has 1 N–H and O–H groups in total. The van der Waals surface area contributed by atoms with Crippen LogP contribution in [-0.2, 0) is 0 Å². The standard InChI is InChI=1S/C15H23BrN2O2/c1-4-18(5-2)10-9-17-15(19)13-8-7-12(16)11-14(13)20-6-3/h7-8,11H,4-6,9-10H2,1-3H3,(H,17,19). The highest BCUT2D eigenvalue weighted by atomic mass is 79.9. The average Bonchev–Trinajstić information content (AvgIpc) is 2.44. The number of carbonyl (C=O) groups excluding carboxylic acids is 1. The van der Waals surface area contributed by atoms with Gasteiger partial charge in [0.15, 0.2) is 0 Å². The number of ether oxygens (including phenoxy) is 1. The van der Waals surface area contributed by atoms with Crippen LogP contribution in [0.3, 0.4) is 0 Å². The molecule has 1 aromatic rings. The van der Waals surface area contributed by atoms with Crippen molar-refractivity contribution in [2.75, 3.05) is 32.8 Å². The van der Waals surface area contributed by atoms with Gasteiger partial charge in [-0.05, 0) is 38.2 Å². The Hall–Kier alpha value is -1.07. The summed E-state index contributed by atoms with van der Waals surface area (Å²) >= 11 is 3.39. The Morgan fingerprint density at radius 3 is 2.60 bits per heavy atom. The van der Waals surface area contributed by atoms with Gasteiger partial charge < -0.3 is 15.0 Å². The van der Waals surface area contributed by atoms with Crippen molar-refractivity contribution in [1.82, 2.24) is 10.2 Å². The molecule has 0 aromatic heterocycles. The third kappa shape index (κ3) is 5.13. The molecule has 1 aromatic carbocycles. The fourth-order valence-electron chi connectivity index (χ4n) is 1.92. The molecule has 20 heavy (non-hydrogen) atoms. The molecule has 112 valence electrons. The van der Waals surface area contributed by atoms with Crippen molar-refractivity contribution in [2.45, 2.75) is 20.8 Å². The zero-order chi connectivity index (χ0) is 15.0. The van der Waals surface area contributed by atoms with Crippen molar-refractivity contribution in [3.8, 4) is 5.75 Å². The molecule has 1 amide bonds. The molecule has 0 heterocycles. The monoisotopic (exact) mass is 342 g/mol. The molecule has 0 bridgehead atoms. The van der Waals surface area contributed by atoms with E-state index >= 15 is 0 Å². The second-order valence-electron chi connectivity index (χ2n) is 4.36. The molecule has 0 aliphatic carbocycles. The summed E-state index contributed by atoms with van der Waals surface area (Å²) in [4.78, 5) is 14.5. The number of amides is 1. The zero-order valence-corrected chi connectivity index (χ0v) is 14.0. The molecular formula is C15H23BrN2O2. The quantitative estimate of drug-likeness (QED) is 0.789. The smallest absolute Gasteiger partial charge is 0.255 e. The Morgan fingerprint density at radius 1 is 1.30 bits per heavy atom. The number of likely N-dealkylation sites (N-methyl/N-ethyl adjacent to an activating group) is 1. The summed E-state index contributed by atoms with van der Waals surface area (Å²) in [6.07, 6.45) is 0. The Balaban J connectivity index is 2.63. The lowest BCUT2D eigenvalue weighted by Gasteiger charge is -2.18. The molecule has 1 rings (SSSR count). The summed E-state index contributed by atoms with van der Waals surface area (Å²) in [6, 6.07) is 5.45. The molecule has 0 unspecified atom stereocenters. The first-order chi connectivity index (χ1) is 9.62. The van der Waals surface area contributed by atoms with E-state index in [0.717, 1.165) is 24.1 Å². The zero-order valence-electron chi connectivity index (χ0n) is 12.4. The Kier molecular flexibility index (Phi) is 7.62. The normalized spacial score (nSPS) is 10.7. The lowest BCUT2D eigenvalue weighted by molar-refractivity contribution is 0.0945. The lowest BCUT2D eigenvalue weighted by atomic mass is 10.2. The van der Waals surface area contributed by atoms with Crippen LogP contribution < -0.4 is 10.1 Å². The van der Waals surface area contributed by atoms with Crippen molar-refractivity contribution in [3.05, 3.63) is 28.2 Å². The molecule has 0 atom stereocenters. The van der Waals surface area contributed by atoms with Crippen LogP contribution >= 0.6 is 15.9 Å². The van der Waals surface area contributed by atoms with Gasteiger partial charge >= 0.3 is 0 Å². The number of halogens is 1. The molecule has 5 heteroatoms.